The Balaban J connectivity index is 1.96. The third-order valence-electron chi connectivity index (χ3n) is 4.28. The third-order valence-corrected chi connectivity index (χ3v) is 4.28. The van der Waals surface area contributed by atoms with Crippen molar-refractivity contribution in [3.8, 4) is 5.75 Å². The quantitative estimate of drug-likeness (QED) is 0.286. The Morgan fingerprint density at radius 2 is 1.52 bits per heavy atom. The lowest BCUT2D eigenvalue weighted by Crippen LogP contribution is -2.04. The first-order valence-corrected chi connectivity index (χ1v) is 9.85. The molecular weight excluding hydrogens is 312 g/mol. The van der Waals surface area contributed by atoms with Gasteiger partial charge >= 0.3 is 5.97 Å². The van der Waals surface area contributed by atoms with Crippen LogP contribution in [0.2, 0.25) is 0 Å². The average molecular weight is 347 g/mol. The van der Waals surface area contributed by atoms with Crippen molar-refractivity contribution in [1.29, 1.82) is 0 Å². The van der Waals surface area contributed by atoms with Gasteiger partial charge in [0.05, 0.1) is 6.61 Å². The molecule has 0 aliphatic rings. The molecule has 3 nitrogen and oxygen atoms in total. The predicted molar refractivity (Wildman–Crippen MR) is 104 cm³/mol. The number of carbonyl (C=O) groups is 1. The number of benzene rings is 1. The largest absolute Gasteiger partial charge is 0.493 e. The minimum Gasteiger partial charge on any atom is -0.493 e. The van der Waals surface area contributed by atoms with E-state index in [0.29, 0.717) is 12.4 Å². The van der Waals surface area contributed by atoms with Gasteiger partial charge in [-0.2, -0.15) is 0 Å². The number of aromatic carboxylic acids is 1. The molecule has 0 saturated carbocycles. The predicted octanol–water partition coefficient (Wildman–Crippen LogP) is 6.63. The molecule has 0 unspecified atom stereocenters. The zero-order valence-electron chi connectivity index (χ0n) is 15.7. The fraction of sp³-hybridized carbons (Fsp3) is 0.591. The number of carboxylic acid groups (broad SMARTS) is 1. The lowest BCUT2D eigenvalue weighted by Gasteiger charge is -2.08. The Morgan fingerprint density at radius 3 is 2.20 bits per heavy atom. The van der Waals surface area contributed by atoms with Crippen LogP contribution < -0.4 is 4.74 Å². The van der Waals surface area contributed by atoms with Gasteiger partial charge in [-0.05, 0) is 44.2 Å². The van der Waals surface area contributed by atoms with Crippen molar-refractivity contribution in [1.82, 2.24) is 0 Å². The van der Waals surface area contributed by atoms with E-state index in [1.807, 2.05) is 0 Å². The monoisotopic (exact) mass is 346 g/mol. The highest BCUT2D eigenvalue weighted by atomic mass is 16.5. The molecule has 1 aromatic rings. The van der Waals surface area contributed by atoms with Crippen molar-refractivity contribution < 1.29 is 14.6 Å². The van der Waals surface area contributed by atoms with Gasteiger partial charge in [0.25, 0.3) is 0 Å². The van der Waals surface area contributed by atoms with Crippen LogP contribution in [-0.2, 0) is 0 Å². The molecule has 0 aromatic heterocycles. The number of hydrogen-bond donors (Lipinski definition) is 1. The van der Waals surface area contributed by atoms with Gasteiger partial charge in [0.15, 0.2) is 0 Å². The standard InChI is InChI=1S/C22H34O3/c1-2-3-4-5-6-7-8-9-10-11-12-13-16-19-25-21-18-15-14-17-20(21)22(23)24/h7-8,14-15,17-18H,2-6,9-13,16,19H2,1H3,(H,23,24)/b8-7-. The first-order valence-electron chi connectivity index (χ1n) is 9.85. The topological polar surface area (TPSA) is 46.5 Å². The Hall–Kier alpha value is -1.77. The summed E-state index contributed by atoms with van der Waals surface area (Å²) in [7, 11) is 0. The molecule has 0 fully saturated rings. The minimum absolute atomic E-state index is 0.240. The maximum absolute atomic E-state index is 11.1. The maximum Gasteiger partial charge on any atom is 0.339 e. The van der Waals surface area contributed by atoms with E-state index in [-0.39, 0.29) is 5.56 Å². The highest BCUT2D eigenvalue weighted by Crippen LogP contribution is 2.18. The number of carboxylic acids is 1. The van der Waals surface area contributed by atoms with Gasteiger partial charge in [0.1, 0.15) is 11.3 Å². The highest BCUT2D eigenvalue weighted by Gasteiger charge is 2.09. The van der Waals surface area contributed by atoms with Gasteiger partial charge in [0.2, 0.25) is 0 Å². The summed E-state index contributed by atoms with van der Waals surface area (Å²) in [5.41, 5.74) is 0.240. The second kappa shape index (κ2) is 14.6. The second-order valence-electron chi connectivity index (χ2n) is 6.53. The third kappa shape index (κ3) is 10.6. The van der Waals surface area contributed by atoms with E-state index in [9.17, 15) is 4.79 Å². The molecule has 0 bridgehead atoms. The summed E-state index contributed by atoms with van der Waals surface area (Å²) in [4.78, 5) is 11.1. The lowest BCUT2D eigenvalue weighted by molar-refractivity contribution is 0.0692. The molecule has 0 atom stereocenters. The molecule has 0 aliphatic heterocycles. The molecule has 0 amide bonds. The lowest BCUT2D eigenvalue weighted by atomic mass is 10.1. The summed E-state index contributed by atoms with van der Waals surface area (Å²) in [6.45, 7) is 2.83. The molecule has 25 heavy (non-hydrogen) atoms. The molecule has 0 heterocycles. The Labute approximate surface area is 153 Å². The second-order valence-corrected chi connectivity index (χ2v) is 6.53. The molecular formula is C22H34O3. The molecule has 0 saturated heterocycles. The molecule has 1 aromatic carbocycles. The van der Waals surface area contributed by atoms with Crippen LogP contribution in [0.5, 0.6) is 5.75 Å². The van der Waals surface area contributed by atoms with Crippen LogP contribution in [-0.4, -0.2) is 17.7 Å². The van der Waals surface area contributed by atoms with E-state index >= 15 is 0 Å². The zero-order valence-corrected chi connectivity index (χ0v) is 15.7. The van der Waals surface area contributed by atoms with Crippen molar-refractivity contribution in [3.05, 3.63) is 42.0 Å². The van der Waals surface area contributed by atoms with Crippen molar-refractivity contribution >= 4 is 5.97 Å². The number of unbranched alkanes of at least 4 members (excludes halogenated alkanes) is 9. The molecule has 1 rings (SSSR count). The first kappa shape index (κ1) is 21.3. The van der Waals surface area contributed by atoms with Gasteiger partial charge in [0, 0.05) is 0 Å². The van der Waals surface area contributed by atoms with E-state index in [1.54, 1.807) is 24.3 Å². The van der Waals surface area contributed by atoms with Crippen LogP contribution >= 0.6 is 0 Å². The van der Waals surface area contributed by atoms with Gasteiger partial charge in [-0.3, -0.25) is 0 Å². The van der Waals surface area contributed by atoms with Gasteiger partial charge in [-0.1, -0.05) is 69.7 Å². The highest BCUT2D eigenvalue weighted by molar-refractivity contribution is 5.90. The fourth-order valence-electron chi connectivity index (χ4n) is 2.77. The summed E-state index contributed by atoms with van der Waals surface area (Å²) in [6.07, 6.45) is 18.3. The van der Waals surface area contributed by atoms with E-state index in [0.717, 1.165) is 12.8 Å². The van der Waals surface area contributed by atoms with Crippen LogP contribution in [0.4, 0.5) is 0 Å². The summed E-state index contributed by atoms with van der Waals surface area (Å²) in [5, 5.41) is 9.10. The maximum atomic E-state index is 11.1. The van der Waals surface area contributed by atoms with Gasteiger partial charge < -0.3 is 9.84 Å². The van der Waals surface area contributed by atoms with Crippen LogP contribution in [0, 0.1) is 0 Å². The summed E-state index contributed by atoms with van der Waals surface area (Å²) >= 11 is 0. The van der Waals surface area contributed by atoms with Crippen LogP contribution in [0.25, 0.3) is 0 Å². The molecule has 0 radical (unpaired) electrons. The fourth-order valence-corrected chi connectivity index (χ4v) is 2.77. The van der Waals surface area contributed by atoms with Crippen LogP contribution in [0.3, 0.4) is 0 Å². The van der Waals surface area contributed by atoms with E-state index in [4.69, 9.17) is 9.84 Å². The van der Waals surface area contributed by atoms with Crippen molar-refractivity contribution in [2.24, 2.45) is 0 Å². The summed E-state index contributed by atoms with van der Waals surface area (Å²) < 4.78 is 5.61. The molecule has 140 valence electrons. The number of ether oxygens (including phenoxy) is 1. The smallest absolute Gasteiger partial charge is 0.339 e. The average Bonchev–Trinajstić information content (AvgIpc) is 2.62. The normalized spacial score (nSPS) is 11.1. The zero-order chi connectivity index (χ0) is 18.2. The number of para-hydroxylation sites is 1. The van der Waals surface area contributed by atoms with Gasteiger partial charge in [-0.25, -0.2) is 4.79 Å². The molecule has 0 spiro atoms. The molecule has 0 aliphatic carbocycles. The summed E-state index contributed by atoms with van der Waals surface area (Å²) in [6, 6.07) is 6.82. The number of rotatable bonds is 15. The van der Waals surface area contributed by atoms with Crippen LogP contribution in [0.15, 0.2) is 36.4 Å². The Morgan fingerprint density at radius 1 is 0.920 bits per heavy atom. The SMILES string of the molecule is CCCCCC/C=C\CCCCCCCOc1ccccc1C(=O)O. The summed E-state index contributed by atoms with van der Waals surface area (Å²) in [5.74, 6) is -0.465. The van der Waals surface area contributed by atoms with E-state index < -0.39 is 5.97 Å². The van der Waals surface area contributed by atoms with Crippen molar-refractivity contribution in [2.45, 2.75) is 77.6 Å². The first-order chi connectivity index (χ1) is 12.3. The Kier molecular flexibility index (Phi) is 12.4. The minimum atomic E-state index is -0.936. The van der Waals surface area contributed by atoms with E-state index in [1.165, 1.54) is 57.8 Å². The Bertz CT molecular complexity index is 494. The van der Waals surface area contributed by atoms with Crippen molar-refractivity contribution in [2.75, 3.05) is 6.61 Å². The number of hydrogen-bond acceptors (Lipinski definition) is 2. The molecule has 1 N–H and O–H groups in total. The van der Waals surface area contributed by atoms with Crippen molar-refractivity contribution in [3.63, 3.8) is 0 Å². The number of allylic oxidation sites excluding steroid dienone is 2. The molecule has 3 heteroatoms. The van der Waals surface area contributed by atoms with Crippen LogP contribution in [0.1, 0.15) is 87.9 Å². The van der Waals surface area contributed by atoms with E-state index in [2.05, 4.69) is 19.1 Å². The van der Waals surface area contributed by atoms with Gasteiger partial charge in [-0.15, -0.1) is 0 Å².